The normalized spacial score (nSPS) is 17.4. The third kappa shape index (κ3) is 5.81. The first-order valence-corrected chi connectivity index (χ1v) is 8.74. The summed E-state index contributed by atoms with van der Waals surface area (Å²) in [4.78, 5) is 4.70. The third-order valence-electron chi connectivity index (χ3n) is 4.44. The van der Waals surface area contributed by atoms with Gasteiger partial charge in [-0.1, -0.05) is 30.3 Å². The van der Waals surface area contributed by atoms with E-state index in [0.29, 0.717) is 12.3 Å². The zero-order valence-corrected chi connectivity index (χ0v) is 14.4. The van der Waals surface area contributed by atoms with Crippen LogP contribution < -0.4 is 4.74 Å². The lowest BCUT2D eigenvalue weighted by Crippen LogP contribution is -2.48. The number of β-amino-alcohol motifs (C(OH)–C–C–N with tert-alkyl or cyclic N) is 1. The Morgan fingerprint density at radius 3 is 2.24 bits per heavy atom. The third-order valence-corrected chi connectivity index (χ3v) is 4.44. The Morgan fingerprint density at radius 2 is 1.56 bits per heavy atom. The van der Waals surface area contributed by atoms with E-state index in [1.807, 2.05) is 6.07 Å². The highest BCUT2D eigenvalue weighted by Gasteiger charge is 2.19. The van der Waals surface area contributed by atoms with Crippen molar-refractivity contribution in [2.45, 2.75) is 12.6 Å². The zero-order chi connectivity index (χ0) is 17.5. The lowest BCUT2D eigenvalue weighted by molar-refractivity contribution is 0.0446. The van der Waals surface area contributed by atoms with Gasteiger partial charge in [0.05, 0.1) is 0 Å². The number of hydrogen-bond acceptors (Lipinski definition) is 4. The maximum atomic E-state index is 12.8. The van der Waals surface area contributed by atoms with Crippen LogP contribution in [0.5, 0.6) is 5.75 Å². The van der Waals surface area contributed by atoms with Crippen LogP contribution in [0.25, 0.3) is 0 Å². The van der Waals surface area contributed by atoms with Gasteiger partial charge >= 0.3 is 0 Å². The number of hydrogen-bond donors (Lipinski definition) is 1. The van der Waals surface area contributed by atoms with Gasteiger partial charge in [0.2, 0.25) is 0 Å². The molecule has 0 aromatic heterocycles. The maximum absolute atomic E-state index is 12.8. The van der Waals surface area contributed by atoms with Crippen LogP contribution in [-0.2, 0) is 6.54 Å². The minimum Gasteiger partial charge on any atom is -0.491 e. The predicted octanol–water partition coefficient (Wildman–Crippen LogP) is 2.38. The first kappa shape index (κ1) is 17.9. The van der Waals surface area contributed by atoms with Crippen molar-refractivity contribution in [2.75, 3.05) is 39.3 Å². The first-order chi connectivity index (χ1) is 12.2. The summed E-state index contributed by atoms with van der Waals surface area (Å²) >= 11 is 0. The molecule has 0 radical (unpaired) electrons. The van der Waals surface area contributed by atoms with Crippen LogP contribution >= 0.6 is 0 Å². The van der Waals surface area contributed by atoms with Gasteiger partial charge in [0.1, 0.15) is 24.3 Å². The maximum Gasteiger partial charge on any atom is 0.123 e. The molecule has 4 nitrogen and oxygen atoms in total. The van der Waals surface area contributed by atoms with Gasteiger partial charge in [-0.25, -0.2) is 4.39 Å². The standard InChI is InChI=1S/C20H25FN2O2/c21-18-6-8-20(9-7-18)25-16-19(24)15-23-12-10-22(11-13-23)14-17-4-2-1-3-5-17/h1-9,19,24H,10-16H2/t19-/m0/s1. The molecule has 5 heteroatoms. The molecule has 2 aromatic rings. The van der Waals surface area contributed by atoms with Gasteiger partial charge in [-0.05, 0) is 29.8 Å². The highest BCUT2D eigenvalue weighted by Crippen LogP contribution is 2.12. The number of benzene rings is 2. The Labute approximate surface area is 148 Å². The molecule has 25 heavy (non-hydrogen) atoms. The van der Waals surface area contributed by atoms with Crippen LogP contribution in [0.15, 0.2) is 54.6 Å². The summed E-state index contributed by atoms with van der Waals surface area (Å²) in [5.41, 5.74) is 1.34. The molecule has 1 saturated heterocycles. The van der Waals surface area contributed by atoms with E-state index in [2.05, 4.69) is 34.1 Å². The number of aliphatic hydroxyl groups excluding tert-OH is 1. The van der Waals surface area contributed by atoms with Gasteiger partial charge < -0.3 is 9.84 Å². The lowest BCUT2D eigenvalue weighted by atomic mass is 10.2. The summed E-state index contributed by atoms with van der Waals surface area (Å²) in [6.07, 6.45) is -0.550. The van der Waals surface area contributed by atoms with Crippen molar-refractivity contribution in [3.63, 3.8) is 0 Å². The van der Waals surface area contributed by atoms with Crippen LogP contribution in [0.3, 0.4) is 0 Å². The molecule has 2 aromatic carbocycles. The largest absolute Gasteiger partial charge is 0.491 e. The summed E-state index contributed by atoms with van der Waals surface area (Å²) in [5.74, 6) is 0.286. The van der Waals surface area contributed by atoms with Crippen molar-refractivity contribution in [1.29, 1.82) is 0 Å². The number of nitrogens with zero attached hydrogens (tertiary/aromatic N) is 2. The number of halogens is 1. The molecule has 1 aliphatic rings. The van der Waals surface area contributed by atoms with Gasteiger partial charge in [0, 0.05) is 39.3 Å². The van der Waals surface area contributed by atoms with Gasteiger partial charge in [-0.3, -0.25) is 9.80 Å². The molecule has 1 atom stereocenters. The van der Waals surface area contributed by atoms with Crippen molar-refractivity contribution in [3.05, 3.63) is 66.0 Å². The van der Waals surface area contributed by atoms with E-state index < -0.39 is 6.10 Å². The van der Waals surface area contributed by atoms with Gasteiger partial charge in [-0.2, -0.15) is 0 Å². The average molecular weight is 344 g/mol. The Bertz CT molecular complexity index is 628. The Morgan fingerprint density at radius 1 is 0.920 bits per heavy atom. The minimum atomic E-state index is -0.550. The smallest absolute Gasteiger partial charge is 0.123 e. The molecule has 1 N–H and O–H groups in total. The second-order valence-corrected chi connectivity index (χ2v) is 6.48. The van der Waals surface area contributed by atoms with Gasteiger partial charge in [0.25, 0.3) is 0 Å². The second kappa shape index (κ2) is 8.94. The van der Waals surface area contributed by atoms with E-state index in [9.17, 15) is 9.50 Å². The fourth-order valence-electron chi connectivity index (χ4n) is 3.05. The summed E-state index contributed by atoms with van der Waals surface area (Å²) in [5, 5.41) is 10.2. The molecule has 1 fully saturated rings. The van der Waals surface area contributed by atoms with E-state index in [-0.39, 0.29) is 12.4 Å². The Kier molecular flexibility index (Phi) is 6.39. The second-order valence-electron chi connectivity index (χ2n) is 6.48. The number of piperazine rings is 1. The number of rotatable bonds is 7. The zero-order valence-electron chi connectivity index (χ0n) is 14.4. The molecular weight excluding hydrogens is 319 g/mol. The summed E-state index contributed by atoms with van der Waals surface area (Å²) in [6, 6.07) is 16.4. The van der Waals surface area contributed by atoms with Crippen molar-refractivity contribution >= 4 is 0 Å². The Balaban J connectivity index is 1.36. The van der Waals surface area contributed by atoms with E-state index in [1.165, 1.54) is 17.7 Å². The molecule has 0 amide bonds. The molecular formula is C20H25FN2O2. The van der Waals surface area contributed by atoms with Crippen molar-refractivity contribution in [1.82, 2.24) is 9.80 Å². The minimum absolute atomic E-state index is 0.218. The monoisotopic (exact) mass is 344 g/mol. The molecule has 0 bridgehead atoms. The number of aliphatic hydroxyl groups is 1. The van der Waals surface area contributed by atoms with E-state index >= 15 is 0 Å². The molecule has 1 aliphatic heterocycles. The first-order valence-electron chi connectivity index (χ1n) is 8.74. The molecule has 0 aliphatic carbocycles. The molecule has 134 valence electrons. The molecule has 0 unspecified atom stereocenters. The van der Waals surface area contributed by atoms with Crippen molar-refractivity contribution in [3.8, 4) is 5.75 Å². The van der Waals surface area contributed by atoms with E-state index in [0.717, 1.165) is 32.7 Å². The summed E-state index contributed by atoms with van der Waals surface area (Å²) in [7, 11) is 0. The van der Waals surface area contributed by atoms with Gasteiger partial charge in [-0.15, -0.1) is 0 Å². The molecule has 1 heterocycles. The molecule has 3 rings (SSSR count). The topological polar surface area (TPSA) is 35.9 Å². The fourth-order valence-corrected chi connectivity index (χ4v) is 3.05. The lowest BCUT2D eigenvalue weighted by Gasteiger charge is -2.35. The van der Waals surface area contributed by atoms with Crippen LogP contribution in [0.4, 0.5) is 4.39 Å². The van der Waals surface area contributed by atoms with Crippen molar-refractivity contribution < 1.29 is 14.2 Å². The summed E-state index contributed by atoms with van der Waals surface area (Å²) in [6.45, 7) is 5.68. The van der Waals surface area contributed by atoms with Crippen LogP contribution in [0, 0.1) is 5.82 Å². The average Bonchev–Trinajstić information content (AvgIpc) is 2.64. The fraction of sp³-hybridized carbons (Fsp3) is 0.400. The highest BCUT2D eigenvalue weighted by molar-refractivity contribution is 5.22. The van der Waals surface area contributed by atoms with E-state index in [1.54, 1.807) is 12.1 Å². The van der Waals surface area contributed by atoms with Crippen LogP contribution in [-0.4, -0.2) is 60.3 Å². The van der Waals surface area contributed by atoms with Crippen molar-refractivity contribution in [2.24, 2.45) is 0 Å². The summed E-state index contributed by atoms with van der Waals surface area (Å²) < 4.78 is 18.4. The van der Waals surface area contributed by atoms with E-state index in [4.69, 9.17) is 4.74 Å². The SMILES string of the molecule is O[C@H](COc1ccc(F)cc1)CN1CCN(Cc2ccccc2)CC1. The number of ether oxygens (including phenoxy) is 1. The van der Waals surface area contributed by atoms with Crippen LogP contribution in [0.2, 0.25) is 0 Å². The van der Waals surface area contributed by atoms with Crippen LogP contribution in [0.1, 0.15) is 5.56 Å². The van der Waals surface area contributed by atoms with Gasteiger partial charge in [0.15, 0.2) is 0 Å². The highest BCUT2D eigenvalue weighted by atomic mass is 19.1. The predicted molar refractivity (Wildman–Crippen MR) is 96.1 cm³/mol. The molecule has 0 spiro atoms. The molecule has 0 saturated carbocycles. The quantitative estimate of drug-likeness (QED) is 0.837. The Hall–Kier alpha value is -1.95.